The fourth-order valence-corrected chi connectivity index (χ4v) is 1.43. The number of hydrogen-bond donors (Lipinski definition) is 2. The minimum absolute atomic E-state index is 0.00553. The van der Waals surface area contributed by atoms with Crippen LogP contribution in [0.3, 0.4) is 0 Å². The van der Waals surface area contributed by atoms with E-state index in [1.165, 1.54) is 6.92 Å². The summed E-state index contributed by atoms with van der Waals surface area (Å²) in [5, 5.41) is 3.31. The van der Waals surface area contributed by atoms with Crippen molar-refractivity contribution in [3.05, 3.63) is 23.8 Å². The Balaban J connectivity index is 2.70. The van der Waals surface area contributed by atoms with Gasteiger partial charge in [0, 0.05) is 23.5 Å². The third kappa shape index (κ3) is 3.26. The lowest BCUT2D eigenvalue weighted by molar-refractivity contribution is 0.101. The largest absolute Gasteiger partial charge is 0.398 e. The summed E-state index contributed by atoms with van der Waals surface area (Å²) in [5.41, 5.74) is 7.91. The number of anilines is 2. The Morgan fingerprint density at radius 3 is 2.69 bits per heavy atom. The molecule has 0 aliphatic rings. The monoisotopic (exact) mass is 220 g/mol. The molecule has 1 rings (SSSR count). The van der Waals surface area contributed by atoms with Gasteiger partial charge in [0.25, 0.3) is 0 Å². The smallest absolute Gasteiger partial charge is 0.161 e. The molecule has 3 nitrogen and oxygen atoms in total. The summed E-state index contributed by atoms with van der Waals surface area (Å²) in [7, 11) is 0. The number of carbonyl (C=O) groups is 1. The lowest BCUT2D eigenvalue weighted by Gasteiger charge is -2.12. The molecule has 0 bridgehead atoms. The molecule has 1 aromatic rings. The van der Waals surface area contributed by atoms with Crippen molar-refractivity contribution >= 4 is 17.2 Å². The van der Waals surface area contributed by atoms with E-state index in [0.717, 1.165) is 18.7 Å². The topological polar surface area (TPSA) is 55.1 Å². The molecule has 0 aromatic heterocycles. The van der Waals surface area contributed by atoms with Crippen molar-refractivity contribution in [1.82, 2.24) is 0 Å². The number of ketones is 1. The number of Topliss-reactive ketones (excluding diaryl/α,β-unsaturated/α-hetero) is 1. The van der Waals surface area contributed by atoms with Gasteiger partial charge < -0.3 is 11.1 Å². The number of benzene rings is 1. The summed E-state index contributed by atoms with van der Waals surface area (Å²) >= 11 is 0. The van der Waals surface area contributed by atoms with Crippen molar-refractivity contribution in [2.24, 2.45) is 5.92 Å². The van der Waals surface area contributed by atoms with Crippen LogP contribution < -0.4 is 11.1 Å². The Kier molecular flexibility index (Phi) is 4.35. The van der Waals surface area contributed by atoms with Crippen molar-refractivity contribution in [3.8, 4) is 0 Å². The lowest BCUT2D eigenvalue weighted by atomic mass is 10.1. The van der Waals surface area contributed by atoms with Gasteiger partial charge >= 0.3 is 0 Å². The van der Waals surface area contributed by atoms with Gasteiger partial charge in [0.05, 0.1) is 0 Å². The summed E-state index contributed by atoms with van der Waals surface area (Å²) in [6.07, 6.45) is 1.15. The number of rotatable bonds is 5. The zero-order valence-corrected chi connectivity index (χ0v) is 10.2. The SMILES string of the molecule is CCC(C)CNc1ccc(C(C)=O)c(N)c1. The van der Waals surface area contributed by atoms with Crippen molar-refractivity contribution in [2.75, 3.05) is 17.6 Å². The van der Waals surface area contributed by atoms with Crippen LogP contribution >= 0.6 is 0 Å². The summed E-state index contributed by atoms with van der Waals surface area (Å²) in [5.74, 6) is 0.639. The maximum absolute atomic E-state index is 11.2. The van der Waals surface area contributed by atoms with Crippen LogP contribution in [0.15, 0.2) is 18.2 Å². The fraction of sp³-hybridized carbons (Fsp3) is 0.462. The van der Waals surface area contributed by atoms with Crippen LogP contribution in [0.5, 0.6) is 0 Å². The number of nitrogens with one attached hydrogen (secondary N) is 1. The highest BCUT2D eigenvalue weighted by atomic mass is 16.1. The highest BCUT2D eigenvalue weighted by molar-refractivity contribution is 5.99. The maximum Gasteiger partial charge on any atom is 0.161 e. The predicted octanol–water partition coefficient (Wildman–Crippen LogP) is 2.93. The van der Waals surface area contributed by atoms with E-state index in [0.29, 0.717) is 17.2 Å². The van der Waals surface area contributed by atoms with Crippen LogP contribution in [0, 0.1) is 5.92 Å². The zero-order chi connectivity index (χ0) is 12.1. The third-order valence-electron chi connectivity index (χ3n) is 2.78. The number of nitrogens with two attached hydrogens (primary N) is 1. The van der Waals surface area contributed by atoms with Crippen LogP contribution in [0.4, 0.5) is 11.4 Å². The second kappa shape index (κ2) is 5.54. The molecule has 0 radical (unpaired) electrons. The predicted molar refractivity (Wildman–Crippen MR) is 68.8 cm³/mol. The van der Waals surface area contributed by atoms with Crippen LogP contribution in [0.1, 0.15) is 37.6 Å². The minimum atomic E-state index is 0.00553. The Morgan fingerprint density at radius 1 is 1.50 bits per heavy atom. The Bertz CT molecular complexity index is 374. The second-order valence-electron chi connectivity index (χ2n) is 4.25. The Hall–Kier alpha value is -1.51. The molecule has 0 amide bonds. The van der Waals surface area contributed by atoms with E-state index in [9.17, 15) is 4.79 Å². The van der Waals surface area contributed by atoms with E-state index in [-0.39, 0.29) is 5.78 Å². The van der Waals surface area contributed by atoms with E-state index < -0.39 is 0 Å². The molecular weight excluding hydrogens is 200 g/mol. The van der Waals surface area contributed by atoms with E-state index in [4.69, 9.17) is 5.73 Å². The van der Waals surface area contributed by atoms with Gasteiger partial charge in [0.15, 0.2) is 5.78 Å². The van der Waals surface area contributed by atoms with Gasteiger partial charge in [-0.1, -0.05) is 20.3 Å². The first-order valence-electron chi connectivity index (χ1n) is 5.69. The molecule has 0 aliphatic carbocycles. The summed E-state index contributed by atoms with van der Waals surface area (Å²) in [4.78, 5) is 11.2. The first kappa shape index (κ1) is 12.6. The average molecular weight is 220 g/mol. The van der Waals surface area contributed by atoms with Crippen LogP contribution in [0.25, 0.3) is 0 Å². The first-order chi connectivity index (χ1) is 7.54. The summed E-state index contributed by atoms with van der Waals surface area (Å²) < 4.78 is 0. The molecule has 0 saturated carbocycles. The van der Waals surface area contributed by atoms with Crippen LogP contribution in [-0.4, -0.2) is 12.3 Å². The standard InChI is InChI=1S/C13H20N2O/c1-4-9(2)8-15-11-5-6-12(10(3)16)13(14)7-11/h5-7,9,15H,4,8,14H2,1-3H3. The Labute approximate surface area is 97.0 Å². The average Bonchev–Trinajstić information content (AvgIpc) is 2.25. The van der Waals surface area contributed by atoms with Gasteiger partial charge in [-0.25, -0.2) is 0 Å². The highest BCUT2D eigenvalue weighted by Gasteiger charge is 2.05. The Morgan fingerprint density at radius 2 is 2.19 bits per heavy atom. The van der Waals surface area contributed by atoms with Crippen molar-refractivity contribution in [1.29, 1.82) is 0 Å². The summed E-state index contributed by atoms with van der Waals surface area (Å²) in [6.45, 7) is 6.81. The molecule has 1 unspecified atom stereocenters. The highest BCUT2D eigenvalue weighted by Crippen LogP contribution is 2.18. The van der Waals surface area contributed by atoms with E-state index in [2.05, 4.69) is 19.2 Å². The molecule has 0 fully saturated rings. The van der Waals surface area contributed by atoms with Crippen molar-refractivity contribution < 1.29 is 4.79 Å². The van der Waals surface area contributed by atoms with Gasteiger partial charge in [-0.05, 0) is 31.0 Å². The van der Waals surface area contributed by atoms with Crippen molar-refractivity contribution in [2.45, 2.75) is 27.2 Å². The van der Waals surface area contributed by atoms with Gasteiger partial charge in [-0.2, -0.15) is 0 Å². The molecule has 3 heteroatoms. The quantitative estimate of drug-likeness (QED) is 0.592. The minimum Gasteiger partial charge on any atom is -0.398 e. The molecule has 3 N–H and O–H groups in total. The molecule has 0 spiro atoms. The van der Waals surface area contributed by atoms with Crippen LogP contribution in [-0.2, 0) is 0 Å². The van der Waals surface area contributed by atoms with E-state index in [1.807, 2.05) is 12.1 Å². The van der Waals surface area contributed by atoms with Gasteiger partial charge in [-0.15, -0.1) is 0 Å². The zero-order valence-electron chi connectivity index (χ0n) is 10.2. The van der Waals surface area contributed by atoms with Gasteiger partial charge in [0.1, 0.15) is 0 Å². The van der Waals surface area contributed by atoms with Crippen molar-refractivity contribution in [3.63, 3.8) is 0 Å². The number of nitrogen functional groups attached to an aromatic ring is 1. The number of carbonyl (C=O) groups excluding carboxylic acids is 1. The molecule has 88 valence electrons. The molecule has 0 aliphatic heterocycles. The fourth-order valence-electron chi connectivity index (χ4n) is 1.43. The number of hydrogen-bond acceptors (Lipinski definition) is 3. The molecule has 0 saturated heterocycles. The molecule has 0 heterocycles. The first-order valence-corrected chi connectivity index (χ1v) is 5.69. The van der Waals surface area contributed by atoms with E-state index in [1.54, 1.807) is 6.07 Å². The van der Waals surface area contributed by atoms with Crippen LogP contribution in [0.2, 0.25) is 0 Å². The molecular formula is C13H20N2O. The molecule has 1 atom stereocenters. The normalized spacial score (nSPS) is 12.2. The molecule has 1 aromatic carbocycles. The second-order valence-corrected chi connectivity index (χ2v) is 4.25. The molecule has 16 heavy (non-hydrogen) atoms. The van der Waals surface area contributed by atoms with Gasteiger partial charge in [0.2, 0.25) is 0 Å². The van der Waals surface area contributed by atoms with Gasteiger partial charge in [-0.3, -0.25) is 4.79 Å². The maximum atomic E-state index is 11.2. The summed E-state index contributed by atoms with van der Waals surface area (Å²) in [6, 6.07) is 5.49. The lowest BCUT2D eigenvalue weighted by Crippen LogP contribution is -2.10. The third-order valence-corrected chi connectivity index (χ3v) is 2.78. The van der Waals surface area contributed by atoms with E-state index >= 15 is 0 Å².